The van der Waals surface area contributed by atoms with Crippen LogP contribution in [-0.4, -0.2) is 22.9 Å². The summed E-state index contributed by atoms with van der Waals surface area (Å²) >= 11 is 7.22. The van der Waals surface area contributed by atoms with Crippen molar-refractivity contribution in [1.29, 1.82) is 0 Å². The van der Waals surface area contributed by atoms with E-state index >= 15 is 0 Å². The van der Waals surface area contributed by atoms with Crippen LogP contribution in [0.1, 0.15) is 20.8 Å². The van der Waals surface area contributed by atoms with E-state index in [0.29, 0.717) is 16.6 Å². The van der Waals surface area contributed by atoms with Crippen molar-refractivity contribution in [2.75, 3.05) is 12.4 Å². The highest BCUT2D eigenvalue weighted by Crippen LogP contribution is 2.28. The number of anilines is 1. The number of carbonyl (C=O) groups is 1. The second kappa shape index (κ2) is 8.15. The Morgan fingerprint density at radius 2 is 2.04 bits per heavy atom. The molecule has 9 heteroatoms. The number of nitrogens with one attached hydrogen (secondary N) is 1. The Morgan fingerprint density at radius 1 is 1.30 bits per heavy atom. The first-order chi connectivity index (χ1) is 13.0. The first-order valence-corrected chi connectivity index (χ1v) is 8.98. The van der Waals surface area contributed by atoms with Gasteiger partial charge in [-0.1, -0.05) is 23.7 Å². The number of halogens is 1. The molecule has 1 N–H and O–H groups in total. The fourth-order valence-electron chi connectivity index (χ4n) is 2.39. The zero-order valence-corrected chi connectivity index (χ0v) is 15.7. The molecular formula is C18H14ClN3O4S. The van der Waals surface area contributed by atoms with E-state index in [1.807, 2.05) is 24.3 Å². The van der Waals surface area contributed by atoms with Gasteiger partial charge in [0, 0.05) is 34.1 Å². The van der Waals surface area contributed by atoms with E-state index < -0.39 is 10.8 Å². The van der Waals surface area contributed by atoms with E-state index in [9.17, 15) is 14.9 Å². The molecule has 27 heavy (non-hydrogen) atoms. The average molecular weight is 404 g/mol. The van der Waals surface area contributed by atoms with E-state index in [2.05, 4.69) is 10.3 Å². The zero-order valence-electron chi connectivity index (χ0n) is 14.1. The van der Waals surface area contributed by atoms with Gasteiger partial charge in [0.2, 0.25) is 0 Å². The molecule has 3 aromatic rings. The van der Waals surface area contributed by atoms with Crippen LogP contribution in [0.5, 0.6) is 5.75 Å². The van der Waals surface area contributed by atoms with Crippen molar-refractivity contribution in [3.05, 3.63) is 79.8 Å². The molecule has 0 fully saturated rings. The SMILES string of the molecule is COc1ccc(C(=O)Nc2ncc(Cc3ccc(Cl)cc3)s2)cc1[N+](=O)[O-]. The second-order valence-corrected chi connectivity index (χ2v) is 7.08. The normalized spacial score (nSPS) is 10.4. The molecular weight excluding hydrogens is 390 g/mol. The lowest BCUT2D eigenvalue weighted by Gasteiger charge is -2.05. The minimum Gasteiger partial charge on any atom is -0.490 e. The number of carbonyl (C=O) groups excluding carboxylic acids is 1. The molecule has 0 radical (unpaired) electrons. The van der Waals surface area contributed by atoms with E-state index in [1.165, 1.54) is 36.6 Å². The number of nitrogens with zero attached hydrogens (tertiary/aromatic N) is 2. The summed E-state index contributed by atoms with van der Waals surface area (Å²) in [5, 5.41) is 14.8. The molecule has 3 rings (SSSR count). The van der Waals surface area contributed by atoms with Gasteiger partial charge in [-0.15, -0.1) is 11.3 Å². The van der Waals surface area contributed by atoms with Gasteiger partial charge >= 0.3 is 5.69 Å². The van der Waals surface area contributed by atoms with E-state index in [4.69, 9.17) is 16.3 Å². The summed E-state index contributed by atoms with van der Waals surface area (Å²) < 4.78 is 4.93. The van der Waals surface area contributed by atoms with Crippen LogP contribution in [-0.2, 0) is 6.42 Å². The molecule has 1 aromatic heterocycles. The number of amides is 1. The minimum atomic E-state index is -0.594. The summed E-state index contributed by atoms with van der Waals surface area (Å²) in [5.74, 6) is -0.385. The van der Waals surface area contributed by atoms with Crippen LogP contribution >= 0.6 is 22.9 Å². The van der Waals surface area contributed by atoms with Crippen molar-refractivity contribution in [2.24, 2.45) is 0 Å². The van der Waals surface area contributed by atoms with Crippen molar-refractivity contribution in [2.45, 2.75) is 6.42 Å². The molecule has 0 atom stereocenters. The monoisotopic (exact) mass is 403 g/mol. The van der Waals surface area contributed by atoms with Crippen molar-refractivity contribution in [1.82, 2.24) is 4.98 Å². The Hall–Kier alpha value is -2.97. The summed E-state index contributed by atoms with van der Waals surface area (Å²) in [7, 11) is 1.33. The smallest absolute Gasteiger partial charge is 0.311 e. The third-order valence-corrected chi connectivity index (χ3v) is 4.87. The van der Waals surface area contributed by atoms with Crippen molar-refractivity contribution < 1.29 is 14.5 Å². The molecule has 7 nitrogen and oxygen atoms in total. The number of thiazole rings is 1. The molecule has 0 aliphatic carbocycles. The Balaban J connectivity index is 1.71. The fraction of sp³-hybridized carbons (Fsp3) is 0.111. The molecule has 0 bridgehead atoms. The Bertz CT molecular complexity index is 989. The first-order valence-electron chi connectivity index (χ1n) is 7.79. The molecule has 0 aliphatic rings. The highest BCUT2D eigenvalue weighted by Gasteiger charge is 2.19. The maximum absolute atomic E-state index is 12.4. The molecule has 0 unspecified atom stereocenters. The average Bonchev–Trinajstić information content (AvgIpc) is 3.09. The molecule has 0 aliphatic heterocycles. The number of benzene rings is 2. The maximum atomic E-state index is 12.4. The van der Waals surface area contributed by atoms with E-state index in [1.54, 1.807) is 6.20 Å². The van der Waals surface area contributed by atoms with Crippen molar-refractivity contribution in [3.63, 3.8) is 0 Å². The molecule has 0 saturated carbocycles. The predicted molar refractivity (Wildman–Crippen MR) is 104 cm³/mol. The molecule has 2 aromatic carbocycles. The number of hydrogen-bond acceptors (Lipinski definition) is 6. The number of nitro benzene ring substituents is 1. The maximum Gasteiger partial charge on any atom is 0.311 e. The van der Waals surface area contributed by atoms with Gasteiger partial charge < -0.3 is 4.74 Å². The Kier molecular flexibility index (Phi) is 5.68. The molecule has 0 spiro atoms. The van der Waals surface area contributed by atoms with Gasteiger partial charge in [0.15, 0.2) is 10.9 Å². The van der Waals surface area contributed by atoms with Crippen LogP contribution in [0, 0.1) is 10.1 Å². The second-order valence-electron chi connectivity index (χ2n) is 5.53. The van der Waals surface area contributed by atoms with Gasteiger partial charge in [-0.3, -0.25) is 20.2 Å². The van der Waals surface area contributed by atoms with E-state index in [0.717, 1.165) is 10.4 Å². The summed E-state index contributed by atoms with van der Waals surface area (Å²) in [4.78, 5) is 28.0. The summed E-state index contributed by atoms with van der Waals surface area (Å²) in [6, 6.07) is 11.5. The topological polar surface area (TPSA) is 94.4 Å². The van der Waals surface area contributed by atoms with Crippen LogP contribution in [0.4, 0.5) is 10.8 Å². The lowest BCUT2D eigenvalue weighted by atomic mass is 10.1. The fourth-order valence-corrected chi connectivity index (χ4v) is 3.36. The molecule has 1 amide bonds. The highest BCUT2D eigenvalue weighted by molar-refractivity contribution is 7.15. The zero-order chi connectivity index (χ0) is 19.4. The lowest BCUT2D eigenvalue weighted by Crippen LogP contribution is -2.12. The van der Waals surface area contributed by atoms with Gasteiger partial charge in [-0.05, 0) is 29.8 Å². The third-order valence-electron chi connectivity index (χ3n) is 3.70. The number of ether oxygens (including phenoxy) is 1. The highest BCUT2D eigenvalue weighted by atomic mass is 35.5. The summed E-state index contributed by atoms with van der Waals surface area (Å²) in [6.07, 6.45) is 2.35. The summed E-state index contributed by atoms with van der Waals surface area (Å²) in [6.45, 7) is 0. The summed E-state index contributed by atoms with van der Waals surface area (Å²) in [5.41, 5.74) is 0.955. The lowest BCUT2D eigenvalue weighted by molar-refractivity contribution is -0.385. The van der Waals surface area contributed by atoms with Crippen LogP contribution in [0.3, 0.4) is 0 Å². The van der Waals surface area contributed by atoms with Crippen molar-refractivity contribution in [3.8, 4) is 5.75 Å². The van der Waals surface area contributed by atoms with Gasteiger partial charge in [0.05, 0.1) is 12.0 Å². The molecule has 1 heterocycles. The Morgan fingerprint density at radius 3 is 2.70 bits per heavy atom. The number of hydrogen-bond donors (Lipinski definition) is 1. The quantitative estimate of drug-likeness (QED) is 0.481. The van der Waals surface area contributed by atoms with Gasteiger partial charge in [-0.25, -0.2) is 4.98 Å². The van der Waals surface area contributed by atoms with E-state index in [-0.39, 0.29) is 17.0 Å². The largest absolute Gasteiger partial charge is 0.490 e. The first kappa shape index (κ1) is 18.8. The van der Waals surface area contributed by atoms with Crippen LogP contribution in [0.15, 0.2) is 48.7 Å². The number of rotatable bonds is 6. The minimum absolute atomic E-state index is 0.0936. The number of aromatic nitrogens is 1. The van der Waals surface area contributed by atoms with Crippen LogP contribution < -0.4 is 10.1 Å². The predicted octanol–water partition coefficient (Wildman–Crippen LogP) is 4.56. The van der Waals surface area contributed by atoms with Crippen LogP contribution in [0.2, 0.25) is 5.02 Å². The molecule has 0 saturated heterocycles. The number of methoxy groups -OCH3 is 1. The van der Waals surface area contributed by atoms with Gasteiger partial charge in [0.1, 0.15) is 0 Å². The van der Waals surface area contributed by atoms with Gasteiger partial charge in [-0.2, -0.15) is 0 Å². The third kappa shape index (κ3) is 4.60. The van der Waals surface area contributed by atoms with Crippen molar-refractivity contribution >= 4 is 39.7 Å². The number of nitro groups is 1. The van der Waals surface area contributed by atoms with Crippen LogP contribution in [0.25, 0.3) is 0 Å². The molecule has 138 valence electrons. The standard InChI is InChI=1S/C18H14ClN3O4S/c1-26-16-7-4-12(9-15(16)22(24)25)17(23)21-18-20-10-14(27-18)8-11-2-5-13(19)6-3-11/h2-7,9-10H,8H2,1H3,(H,20,21,23). The van der Waals surface area contributed by atoms with Gasteiger partial charge in [0.25, 0.3) is 5.91 Å². The Labute approximate surface area is 163 Å².